The summed E-state index contributed by atoms with van der Waals surface area (Å²) in [5, 5.41) is 30.0. The molecule has 0 atom stereocenters. The fourth-order valence-corrected chi connectivity index (χ4v) is 4.58. The Morgan fingerprint density at radius 1 is 0.725 bits per heavy atom. The Kier molecular flexibility index (Phi) is 13.3. The van der Waals surface area contributed by atoms with Gasteiger partial charge in [0, 0.05) is 42.3 Å². The van der Waals surface area contributed by atoms with E-state index < -0.39 is 0 Å². The van der Waals surface area contributed by atoms with Crippen LogP contribution in [-0.2, 0) is 4.79 Å². The van der Waals surface area contributed by atoms with E-state index in [1.807, 2.05) is 55.5 Å². The molecule has 0 saturated heterocycles. The number of unbranched alkanes of at least 4 members (excludes halogenated alkanes) is 6. The molecule has 2 aromatic rings. The number of carbonyl (C=O) groups excluding carboxylic acids is 1. The SMILES string of the molecule is CCCCCCNc1ccc(N=C2C=C(Nc3ccc(NCCCCCCO)cc3)C(O)=C(CCC)C2=O)cc1. The Hall–Kier alpha value is -3.58. The monoisotopic (exact) mass is 546 g/mol. The number of nitrogens with zero attached hydrogens (tertiary/aromatic N) is 1. The average molecular weight is 547 g/mol. The highest BCUT2D eigenvalue weighted by Gasteiger charge is 2.27. The molecule has 1 aliphatic rings. The summed E-state index contributed by atoms with van der Waals surface area (Å²) in [6.07, 6.45) is 11.8. The lowest BCUT2D eigenvalue weighted by Crippen LogP contribution is -2.24. The summed E-state index contributed by atoms with van der Waals surface area (Å²) in [4.78, 5) is 17.8. The summed E-state index contributed by atoms with van der Waals surface area (Å²) in [6.45, 7) is 6.28. The number of nitrogens with one attached hydrogen (secondary N) is 3. The van der Waals surface area contributed by atoms with Crippen LogP contribution in [-0.4, -0.2) is 41.4 Å². The van der Waals surface area contributed by atoms with Crippen LogP contribution in [0.4, 0.5) is 22.7 Å². The number of hydrogen-bond donors (Lipinski definition) is 5. The van der Waals surface area contributed by atoms with Crippen molar-refractivity contribution in [2.45, 2.75) is 78.1 Å². The molecular formula is C33H46N4O3. The molecule has 1 aliphatic carbocycles. The summed E-state index contributed by atoms with van der Waals surface area (Å²) < 4.78 is 0. The highest BCUT2D eigenvalue weighted by Crippen LogP contribution is 2.27. The van der Waals surface area contributed by atoms with Gasteiger partial charge in [0.2, 0.25) is 5.78 Å². The van der Waals surface area contributed by atoms with E-state index in [2.05, 4.69) is 27.9 Å². The van der Waals surface area contributed by atoms with Crippen LogP contribution >= 0.6 is 0 Å². The Morgan fingerprint density at radius 2 is 1.30 bits per heavy atom. The molecule has 2 aromatic carbocycles. The van der Waals surface area contributed by atoms with Crippen molar-refractivity contribution in [2.75, 3.05) is 35.6 Å². The molecule has 0 heterocycles. The molecule has 0 aliphatic heterocycles. The molecule has 0 unspecified atom stereocenters. The van der Waals surface area contributed by atoms with Gasteiger partial charge in [0.25, 0.3) is 0 Å². The third kappa shape index (κ3) is 9.87. The maximum absolute atomic E-state index is 13.2. The molecule has 7 heteroatoms. The van der Waals surface area contributed by atoms with Crippen molar-refractivity contribution in [3.63, 3.8) is 0 Å². The van der Waals surface area contributed by atoms with Gasteiger partial charge in [-0.2, -0.15) is 0 Å². The van der Waals surface area contributed by atoms with Gasteiger partial charge in [-0.05, 0) is 80.3 Å². The lowest BCUT2D eigenvalue weighted by molar-refractivity contribution is -0.110. The van der Waals surface area contributed by atoms with Crippen LogP contribution < -0.4 is 16.0 Å². The fourth-order valence-electron chi connectivity index (χ4n) is 4.58. The van der Waals surface area contributed by atoms with Gasteiger partial charge < -0.3 is 26.2 Å². The topological polar surface area (TPSA) is 106 Å². The fraction of sp³-hybridized carbons (Fsp3) is 0.455. The number of hydrogen-bond acceptors (Lipinski definition) is 7. The van der Waals surface area contributed by atoms with Crippen molar-refractivity contribution in [3.05, 3.63) is 71.6 Å². The highest BCUT2D eigenvalue weighted by atomic mass is 16.3. The first-order chi connectivity index (χ1) is 19.5. The van der Waals surface area contributed by atoms with E-state index in [0.29, 0.717) is 29.1 Å². The van der Waals surface area contributed by atoms with E-state index in [1.165, 1.54) is 19.3 Å². The summed E-state index contributed by atoms with van der Waals surface area (Å²) >= 11 is 0. The third-order valence-corrected chi connectivity index (χ3v) is 6.88. The van der Waals surface area contributed by atoms with Crippen LogP contribution in [0.5, 0.6) is 0 Å². The van der Waals surface area contributed by atoms with Crippen molar-refractivity contribution in [3.8, 4) is 0 Å². The summed E-state index contributed by atoms with van der Waals surface area (Å²) in [5.41, 5.74) is 4.73. The zero-order valence-electron chi connectivity index (χ0n) is 24.1. The lowest BCUT2D eigenvalue weighted by atomic mass is 9.94. The number of carbonyl (C=O) groups is 1. The number of allylic oxidation sites excluding steroid dienone is 2. The van der Waals surface area contributed by atoms with Crippen molar-refractivity contribution in [1.82, 2.24) is 0 Å². The highest BCUT2D eigenvalue weighted by molar-refractivity contribution is 6.51. The first kappa shape index (κ1) is 31.0. The van der Waals surface area contributed by atoms with Crippen molar-refractivity contribution < 1.29 is 15.0 Å². The average Bonchev–Trinajstić information content (AvgIpc) is 2.97. The Morgan fingerprint density at radius 3 is 1.90 bits per heavy atom. The second-order valence-corrected chi connectivity index (χ2v) is 10.3. The van der Waals surface area contributed by atoms with Gasteiger partial charge >= 0.3 is 0 Å². The molecule has 7 nitrogen and oxygen atoms in total. The zero-order chi connectivity index (χ0) is 28.6. The van der Waals surface area contributed by atoms with Gasteiger partial charge in [-0.1, -0.05) is 52.4 Å². The second kappa shape index (κ2) is 17.2. The number of Topliss-reactive ketones (excluding diaryl/α,β-unsaturated/α-hetero) is 1. The van der Waals surface area contributed by atoms with Gasteiger partial charge in [-0.3, -0.25) is 4.79 Å². The van der Waals surface area contributed by atoms with Gasteiger partial charge in [0.05, 0.1) is 11.4 Å². The molecule has 40 heavy (non-hydrogen) atoms. The number of rotatable bonds is 18. The smallest absolute Gasteiger partial charge is 0.211 e. The maximum atomic E-state index is 13.2. The van der Waals surface area contributed by atoms with Crippen molar-refractivity contribution in [1.29, 1.82) is 0 Å². The first-order valence-corrected chi connectivity index (χ1v) is 14.9. The van der Waals surface area contributed by atoms with Crippen LogP contribution in [0.25, 0.3) is 0 Å². The van der Waals surface area contributed by atoms with E-state index in [9.17, 15) is 9.90 Å². The van der Waals surface area contributed by atoms with Gasteiger partial charge in [0.1, 0.15) is 11.5 Å². The third-order valence-electron chi connectivity index (χ3n) is 6.88. The number of aliphatic imine (C=N–C) groups is 1. The van der Waals surface area contributed by atoms with Crippen LogP contribution in [0.2, 0.25) is 0 Å². The zero-order valence-corrected chi connectivity index (χ0v) is 24.1. The summed E-state index contributed by atoms with van der Waals surface area (Å²) in [7, 11) is 0. The minimum atomic E-state index is -0.235. The molecule has 0 spiro atoms. The maximum Gasteiger partial charge on any atom is 0.211 e. The molecule has 0 fully saturated rings. The van der Waals surface area contributed by atoms with Crippen LogP contribution in [0.1, 0.15) is 78.1 Å². The van der Waals surface area contributed by atoms with Crippen molar-refractivity contribution in [2.24, 2.45) is 4.99 Å². The minimum absolute atomic E-state index is 0.0153. The minimum Gasteiger partial charge on any atom is -0.505 e. The normalized spacial score (nSPS) is 14.4. The quantitative estimate of drug-likeness (QED) is 0.0961. The second-order valence-electron chi connectivity index (χ2n) is 10.3. The van der Waals surface area contributed by atoms with Crippen molar-refractivity contribution >= 4 is 34.2 Å². The molecular weight excluding hydrogens is 500 g/mol. The summed E-state index contributed by atoms with van der Waals surface area (Å²) in [5.74, 6) is -0.250. The van der Waals surface area contributed by atoms with Crippen LogP contribution in [0.3, 0.4) is 0 Å². The molecule has 0 saturated carbocycles. The molecule has 216 valence electrons. The molecule has 3 rings (SSSR count). The van der Waals surface area contributed by atoms with E-state index in [0.717, 1.165) is 68.7 Å². The number of aliphatic hydroxyl groups is 2. The number of ketones is 1. The lowest BCUT2D eigenvalue weighted by Gasteiger charge is -2.19. The Balaban J connectivity index is 1.67. The van der Waals surface area contributed by atoms with Gasteiger partial charge in [-0.15, -0.1) is 0 Å². The first-order valence-electron chi connectivity index (χ1n) is 14.9. The number of aliphatic hydroxyl groups excluding tert-OH is 2. The van der Waals surface area contributed by atoms with E-state index >= 15 is 0 Å². The molecule has 0 radical (unpaired) electrons. The van der Waals surface area contributed by atoms with E-state index in [1.54, 1.807) is 6.08 Å². The van der Waals surface area contributed by atoms with Gasteiger partial charge in [0.15, 0.2) is 0 Å². The molecule has 5 N–H and O–H groups in total. The van der Waals surface area contributed by atoms with E-state index in [4.69, 9.17) is 5.11 Å². The number of anilines is 3. The van der Waals surface area contributed by atoms with Crippen LogP contribution in [0, 0.1) is 0 Å². The summed E-state index contributed by atoms with van der Waals surface area (Å²) in [6, 6.07) is 15.7. The Bertz CT molecular complexity index is 1150. The number of benzene rings is 2. The molecule has 0 amide bonds. The van der Waals surface area contributed by atoms with E-state index in [-0.39, 0.29) is 18.1 Å². The van der Waals surface area contributed by atoms with Crippen LogP contribution in [0.15, 0.2) is 76.6 Å². The Labute approximate surface area is 239 Å². The molecule has 0 aromatic heterocycles. The predicted octanol–water partition coefficient (Wildman–Crippen LogP) is 7.91. The predicted molar refractivity (Wildman–Crippen MR) is 168 cm³/mol. The standard InChI is InChI=1S/C33H46N4O3/c1-3-5-6-9-21-34-25-13-17-27(18-14-25)36-30-24-31(33(40)29(12-4-2)32(30)39)37-28-19-15-26(16-20-28)35-22-10-7-8-11-23-38/h13-20,24,34-35,37-38,40H,3-12,21-23H2,1-2H3. The van der Waals surface area contributed by atoms with Gasteiger partial charge in [-0.25, -0.2) is 4.99 Å². The largest absolute Gasteiger partial charge is 0.505 e. The molecule has 0 bridgehead atoms.